The van der Waals surface area contributed by atoms with Crippen molar-refractivity contribution in [3.63, 3.8) is 0 Å². The van der Waals surface area contributed by atoms with Gasteiger partial charge in [-0.25, -0.2) is 8.42 Å². The van der Waals surface area contributed by atoms with Crippen molar-refractivity contribution in [2.45, 2.75) is 4.90 Å². The number of anilines is 1. The maximum atomic E-state index is 12.8. The van der Waals surface area contributed by atoms with Gasteiger partial charge in [-0.05, 0) is 23.8 Å². The first-order valence-electron chi connectivity index (χ1n) is 8.95. The summed E-state index contributed by atoms with van der Waals surface area (Å²) in [6.07, 6.45) is 5.34. The molecule has 146 valence electrons. The van der Waals surface area contributed by atoms with Crippen LogP contribution >= 0.6 is 0 Å². The topological polar surface area (TPSA) is 66.5 Å². The minimum Gasteiger partial charge on any atom is -0.324 e. The molecule has 1 amide bonds. The molecule has 0 saturated carbocycles. The second-order valence-corrected chi connectivity index (χ2v) is 8.19. The Morgan fingerprint density at radius 1 is 0.897 bits per heavy atom. The van der Waals surface area contributed by atoms with Gasteiger partial charge < -0.3 is 5.32 Å². The third kappa shape index (κ3) is 4.91. The van der Waals surface area contributed by atoms with Gasteiger partial charge in [0, 0.05) is 11.3 Å². The number of carbonyl (C=O) groups excluding carboxylic acids is 1. The lowest BCUT2D eigenvalue weighted by atomic mass is 10.0. The Morgan fingerprint density at radius 3 is 2.14 bits per heavy atom. The van der Waals surface area contributed by atoms with Crippen LogP contribution in [0.1, 0.15) is 0 Å². The predicted octanol–water partition coefficient (Wildman–Crippen LogP) is 3.62. The van der Waals surface area contributed by atoms with Crippen LogP contribution in [0.4, 0.5) is 5.69 Å². The first-order valence-corrected chi connectivity index (χ1v) is 10.4. The first-order chi connectivity index (χ1) is 14.0. The normalized spacial score (nSPS) is 11.0. The number of amides is 1. The van der Waals surface area contributed by atoms with Crippen LogP contribution < -0.4 is 5.32 Å². The molecule has 0 unspecified atom stereocenters. The van der Waals surface area contributed by atoms with E-state index in [1.165, 1.54) is 12.1 Å². The molecule has 0 aliphatic heterocycles. The summed E-state index contributed by atoms with van der Waals surface area (Å²) >= 11 is 0. The third-order valence-electron chi connectivity index (χ3n) is 4.25. The van der Waals surface area contributed by atoms with Crippen LogP contribution in [0.15, 0.2) is 89.8 Å². The van der Waals surface area contributed by atoms with E-state index in [1.807, 2.05) is 48.5 Å². The number of nitrogens with one attached hydrogen (secondary N) is 1. The van der Waals surface area contributed by atoms with Gasteiger partial charge >= 0.3 is 0 Å². The smallest absolute Gasteiger partial charge is 0.244 e. The Bertz CT molecular complexity index is 1120. The largest absolute Gasteiger partial charge is 0.324 e. The van der Waals surface area contributed by atoms with Crippen molar-refractivity contribution >= 4 is 21.6 Å². The van der Waals surface area contributed by atoms with E-state index in [0.29, 0.717) is 5.69 Å². The summed E-state index contributed by atoms with van der Waals surface area (Å²) in [4.78, 5) is 12.8. The number of para-hydroxylation sites is 1. The van der Waals surface area contributed by atoms with Gasteiger partial charge in [0.2, 0.25) is 15.9 Å². The Hall–Kier alpha value is -3.40. The summed E-state index contributed by atoms with van der Waals surface area (Å²) in [7, 11) is -3.88. The summed E-state index contributed by atoms with van der Waals surface area (Å²) in [6.45, 7) is -0.588. The molecule has 0 heterocycles. The first kappa shape index (κ1) is 20.3. The molecule has 0 radical (unpaired) electrons. The molecular weight excluding hydrogens is 384 g/mol. The molecule has 0 aromatic heterocycles. The highest BCUT2D eigenvalue weighted by Crippen LogP contribution is 2.27. The fourth-order valence-electron chi connectivity index (χ4n) is 2.88. The van der Waals surface area contributed by atoms with Crippen molar-refractivity contribution in [3.8, 4) is 23.5 Å². The number of carbonyl (C=O) groups is 1. The van der Waals surface area contributed by atoms with Crippen molar-refractivity contribution in [3.05, 3.63) is 84.9 Å². The van der Waals surface area contributed by atoms with Gasteiger partial charge in [-0.15, -0.1) is 6.42 Å². The quantitative estimate of drug-likeness (QED) is 0.612. The molecule has 6 heteroatoms. The molecule has 0 spiro atoms. The summed E-state index contributed by atoms with van der Waals surface area (Å²) in [5, 5.41) is 2.81. The molecule has 3 rings (SSSR count). The average Bonchev–Trinajstić information content (AvgIpc) is 2.75. The maximum absolute atomic E-state index is 12.8. The number of rotatable bonds is 7. The monoisotopic (exact) mass is 404 g/mol. The fraction of sp³-hybridized carbons (Fsp3) is 0.0870. The highest BCUT2D eigenvalue weighted by Gasteiger charge is 2.26. The molecule has 0 atom stereocenters. The van der Waals surface area contributed by atoms with E-state index in [2.05, 4.69) is 11.2 Å². The molecule has 1 N–H and O–H groups in total. The van der Waals surface area contributed by atoms with Gasteiger partial charge in [-0.2, -0.15) is 4.31 Å². The van der Waals surface area contributed by atoms with Gasteiger partial charge in [-0.1, -0.05) is 72.7 Å². The van der Waals surface area contributed by atoms with Crippen LogP contribution in [-0.4, -0.2) is 31.7 Å². The van der Waals surface area contributed by atoms with Crippen LogP contribution in [0, 0.1) is 12.3 Å². The fourth-order valence-corrected chi connectivity index (χ4v) is 4.21. The number of terminal acetylenes is 1. The zero-order chi connectivity index (χ0) is 20.7. The van der Waals surface area contributed by atoms with Gasteiger partial charge in [0.25, 0.3) is 0 Å². The summed E-state index contributed by atoms with van der Waals surface area (Å²) in [5.74, 6) is 1.85. The predicted molar refractivity (Wildman–Crippen MR) is 115 cm³/mol. The van der Waals surface area contributed by atoms with E-state index >= 15 is 0 Å². The minimum absolute atomic E-state index is 0.0905. The SMILES string of the molecule is C#CCN(CC(=O)Nc1ccccc1-c1ccccc1)S(=O)(=O)c1ccccc1. The molecule has 0 aliphatic rings. The second kappa shape index (κ2) is 9.20. The molecule has 3 aromatic carbocycles. The van der Waals surface area contributed by atoms with E-state index in [-0.39, 0.29) is 18.0 Å². The number of sulfonamides is 1. The Labute approximate surface area is 171 Å². The van der Waals surface area contributed by atoms with Crippen LogP contribution in [0.5, 0.6) is 0 Å². The van der Waals surface area contributed by atoms with Crippen molar-refractivity contribution in [1.29, 1.82) is 0 Å². The Balaban J connectivity index is 1.82. The summed E-state index contributed by atoms with van der Waals surface area (Å²) < 4.78 is 26.7. The Morgan fingerprint density at radius 2 is 1.48 bits per heavy atom. The highest BCUT2D eigenvalue weighted by molar-refractivity contribution is 7.89. The van der Waals surface area contributed by atoms with Crippen LogP contribution in [-0.2, 0) is 14.8 Å². The van der Waals surface area contributed by atoms with Gasteiger partial charge in [0.05, 0.1) is 18.0 Å². The van der Waals surface area contributed by atoms with Crippen molar-refractivity contribution in [2.24, 2.45) is 0 Å². The molecule has 29 heavy (non-hydrogen) atoms. The van der Waals surface area contributed by atoms with E-state index < -0.39 is 15.9 Å². The molecular formula is C23H20N2O3S. The van der Waals surface area contributed by atoms with E-state index in [9.17, 15) is 13.2 Å². The second-order valence-electron chi connectivity index (χ2n) is 6.25. The van der Waals surface area contributed by atoms with E-state index in [1.54, 1.807) is 24.3 Å². The Kier molecular flexibility index (Phi) is 6.45. The molecule has 0 saturated heterocycles. The van der Waals surface area contributed by atoms with Crippen molar-refractivity contribution < 1.29 is 13.2 Å². The number of nitrogens with zero attached hydrogens (tertiary/aromatic N) is 1. The minimum atomic E-state index is -3.88. The number of hydrogen-bond acceptors (Lipinski definition) is 3. The summed E-state index contributed by atoms with van der Waals surface area (Å²) in [5.41, 5.74) is 2.39. The van der Waals surface area contributed by atoms with Crippen LogP contribution in [0.25, 0.3) is 11.1 Å². The highest BCUT2D eigenvalue weighted by atomic mass is 32.2. The lowest BCUT2D eigenvalue weighted by Gasteiger charge is -2.20. The zero-order valence-electron chi connectivity index (χ0n) is 15.7. The molecule has 0 fully saturated rings. The standard InChI is InChI=1S/C23H20N2O3S/c1-2-17-25(29(27,28)20-13-7-4-8-14-20)18-23(26)24-22-16-10-9-15-21(22)19-11-5-3-6-12-19/h1,3-16H,17-18H2,(H,24,26). The van der Waals surface area contributed by atoms with Crippen LogP contribution in [0.2, 0.25) is 0 Å². The van der Waals surface area contributed by atoms with Gasteiger partial charge in [0.15, 0.2) is 0 Å². The number of hydrogen-bond donors (Lipinski definition) is 1. The van der Waals surface area contributed by atoms with E-state index in [4.69, 9.17) is 6.42 Å². The van der Waals surface area contributed by atoms with Crippen molar-refractivity contribution in [2.75, 3.05) is 18.4 Å². The molecule has 5 nitrogen and oxygen atoms in total. The average molecular weight is 404 g/mol. The van der Waals surface area contributed by atoms with Gasteiger partial charge in [0.1, 0.15) is 0 Å². The maximum Gasteiger partial charge on any atom is 0.244 e. The lowest BCUT2D eigenvalue weighted by Crippen LogP contribution is -2.38. The van der Waals surface area contributed by atoms with Crippen molar-refractivity contribution in [1.82, 2.24) is 4.31 Å². The lowest BCUT2D eigenvalue weighted by molar-refractivity contribution is -0.116. The molecule has 0 aliphatic carbocycles. The van der Waals surface area contributed by atoms with E-state index in [0.717, 1.165) is 15.4 Å². The summed E-state index contributed by atoms with van der Waals surface area (Å²) in [6, 6.07) is 24.9. The molecule has 3 aromatic rings. The zero-order valence-corrected chi connectivity index (χ0v) is 16.5. The molecule has 0 bridgehead atoms. The van der Waals surface area contributed by atoms with Gasteiger partial charge in [-0.3, -0.25) is 4.79 Å². The third-order valence-corrected chi connectivity index (χ3v) is 6.06. The van der Waals surface area contributed by atoms with Crippen LogP contribution in [0.3, 0.4) is 0 Å². The number of benzene rings is 3.